The number of nitrogens with one attached hydrogen (secondary N) is 1. The summed E-state index contributed by atoms with van der Waals surface area (Å²) in [5, 5.41) is 3.40. The zero-order valence-corrected chi connectivity index (χ0v) is 7.69. The van der Waals surface area contributed by atoms with E-state index in [1.54, 1.807) is 0 Å². The van der Waals surface area contributed by atoms with Crippen molar-refractivity contribution in [1.29, 1.82) is 0 Å². The van der Waals surface area contributed by atoms with Gasteiger partial charge in [0.1, 0.15) is 0 Å². The van der Waals surface area contributed by atoms with Crippen LogP contribution in [0.4, 0.5) is 0 Å². The molecule has 1 atom stereocenters. The minimum Gasteiger partial charge on any atom is -0.330 e. The van der Waals surface area contributed by atoms with Crippen LogP contribution in [0.2, 0.25) is 0 Å². The van der Waals surface area contributed by atoms with Crippen LogP contribution < -0.4 is 11.1 Å². The van der Waals surface area contributed by atoms with Gasteiger partial charge < -0.3 is 11.1 Å². The molecule has 0 bridgehead atoms. The van der Waals surface area contributed by atoms with Crippen molar-refractivity contribution < 1.29 is 0 Å². The Morgan fingerprint density at radius 2 is 2.18 bits per heavy atom. The van der Waals surface area contributed by atoms with Crippen molar-refractivity contribution in [3.63, 3.8) is 0 Å². The van der Waals surface area contributed by atoms with E-state index < -0.39 is 0 Å². The normalized spacial score (nSPS) is 24.8. The molecule has 1 heterocycles. The highest BCUT2D eigenvalue weighted by atomic mass is 15.0. The van der Waals surface area contributed by atoms with Crippen LogP contribution in [-0.4, -0.2) is 19.1 Å². The quantitative estimate of drug-likeness (QED) is 0.640. The number of hydrogen-bond donors (Lipinski definition) is 2. The topological polar surface area (TPSA) is 38.0 Å². The Hall–Kier alpha value is -0.0800. The molecule has 1 unspecified atom stereocenters. The predicted octanol–water partition coefficient (Wildman–Crippen LogP) is 1.11. The Morgan fingerprint density at radius 1 is 1.55 bits per heavy atom. The third-order valence-corrected chi connectivity index (χ3v) is 2.65. The number of nitrogens with two attached hydrogens (primary N) is 1. The van der Waals surface area contributed by atoms with Gasteiger partial charge in [-0.05, 0) is 37.8 Å². The number of hydrogen-bond acceptors (Lipinski definition) is 2. The second-order valence-corrected chi connectivity index (χ2v) is 4.35. The van der Waals surface area contributed by atoms with Crippen LogP contribution in [0.25, 0.3) is 0 Å². The van der Waals surface area contributed by atoms with Crippen LogP contribution in [0.1, 0.15) is 33.1 Å². The molecule has 1 fully saturated rings. The molecule has 0 aromatic carbocycles. The minimum atomic E-state index is 0.345. The third kappa shape index (κ3) is 2.80. The Labute approximate surface area is 69.5 Å². The van der Waals surface area contributed by atoms with Gasteiger partial charge >= 0.3 is 0 Å². The summed E-state index contributed by atoms with van der Waals surface area (Å²) in [6.45, 7) is 6.50. The van der Waals surface area contributed by atoms with Crippen LogP contribution in [0.5, 0.6) is 0 Å². The van der Waals surface area contributed by atoms with Crippen LogP contribution in [0, 0.1) is 5.41 Å². The molecule has 1 saturated heterocycles. The fourth-order valence-electron chi connectivity index (χ4n) is 1.26. The van der Waals surface area contributed by atoms with Gasteiger partial charge in [-0.1, -0.05) is 13.8 Å². The van der Waals surface area contributed by atoms with Gasteiger partial charge in [0.15, 0.2) is 0 Å². The first-order chi connectivity index (χ1) is 5.14. The summed E-state index contributed by atoms with van der Waals surface area (Å²) in [6.07, 6.45) is 3.91. The van der Waals surface area contributed by atoms with Gasteiger partial charge in [0, 0.05) is 6.04 Å². The second-order valence-electron chi connectivity index (χ2n) is 4.35. The zero-order chi connectivity index (χ0) is 8.32. The minimum absolute atomic E-state index is 0.345. The first kappa shape index (κ1) is 9.01. The molecule has 0 aromatic heterocycles. The van der Waals surface area contributed by atoms with Gasteiger partial charge in [-0.3, -0.25) is 0 Å². The SMILES string of the molecule is CC(C)(CN)CCC1CCN1. The van der Waals surface area contributed by atoms with Gasteiger partial charge in [-0.2, -0.15) is 0 Å². The van der Waals surface area contributed by atoms with Crippen LogP contribution in [0.3, 0.4) is 0 Å². The maximum Gasteiger partial charge on any atom is 0.00793 e. The van der Waals surface area contributed by atoms with Crippen LogP contribution >= 0.6 is 0 Å². The lowest BCUT2D eigenvalue weighted by Crippen LogP contribution is -2.43. The van der Waals surface area contributed by atoms with Gasteiger partial charge in [0.2, 0.25) is 0 Å². The van der Waals surface area contributed by atoms with E-state index >= 15 is 0 Å². The van der Waals surface area contributed by atoms with Crippen molar-refractivity contribution >= 4 is 0 Å². The predicted molar refractivity (Wildman–Crippen MR) is 48.5 cm³/mol. The largest absolute Gasteiger partial charge is 0.330 e. The highest BCUT2D eigenvalue weighted by molar-refractivity contribution is 4.80. The van der Waals surface area contributed by atoms with E-state index in [1.165, 1.54) is 25.8 Å². The lowest BCUT2D eigenvalue weighted by Gasteiger charge is -2.31. The van der Waals surface area contributed by atoms with Crippen molar-refractivity contribution in [3.05, 3.63) is 0 Å². The molecule has 0 amide bonds. The maximum absolute atomic E-state index is 5.63. The zero-order valence-electron chi connectivity index (χ0n) is 7.69. The second kappa shape index (κ2) is 3.55. The fourth-order valence-corrected chi connectivity index (χ4v) is 1.26. The monoisotopic (exact) mass is 156 g/mol. The number of rotatable bonds is 4. The lowest BCUT2D eigenvalue weighted by atomic mass is 9.85. The molecule has 3 N–H and O–H groups in total. The molecule has 2 nitrogen and oxygen atoms in total. The highest BCUT2D eigenvalue weighted by Crippen LogP contribution is 2.23. The summed E-state index contributed by atoms with van der Waals surface area (Å²) in [5.41, 5.74) is 5.98. The molecule has 0 spiro atoms. The Kier molecular flexibility index (Phi) is 2.90. The van der Waals surface area contributed by atoms with Crippen molar-refractivity contribution in [2.24, 2.45) is 11.1 Å². The van der Waals surface area contributed by atoms with Crippen LogP contribution in [0.15, 0.2) is 0 Å². The highest BCUT2D eigenvalue weighted by Gasteiger charge is 2.21. The van der Waals surface area contributed by atoms with E-state index in [0.717, 1.165) is 12.6 Å². The molecular weight excluding hydrogens is 136 g/mol. The molecule has 2 heteroatoms. The molecule has 0 saturated carbocycles. The molecule has 1 aliphatic heterocycles. The summed E-state index contributed by atoms with van der Waals surface area (Å²) >= 11 is 0. The smallest absolute Gasteiger partial charge is 0.00793 e. The lowest BCUT2D eigenvalue weighted by molar-refractivity contribution is 0.270. The summed E-state index contributed by atoms with van der Waals surface area (Å²) in [6, 6.07) is 0.792. The molecule has 66 valence electrons. The standard InChI is InChI=1S/C9H20N2/c1-9(2,7-10)5-3-8-4-6-11-8/h8,11H,3-7,10H2,1-2H3. The Morgan fingerprint density at radius 3 is 2.55 bits per heavy atom. The molecule has 11 heavy (non-hydrogen) atoms. The molecule has 0 radical (unpaired) electrons. The summed E-state index contributed by atoms with van der Waals surface area (Å²) in [7, 11) is 0. The van der Waals surface area contributed by atoms with E-state index in [-0.39, 0.29) is 0 Å². The van der Waals surface area contributed by atoms with Crippen molar-refractivity contribution in [2.45, 2.75) is 39.2 Å². The fraction of sp³-hybridized carbons (Fsp3) is 1.00. The summed E-state index contributed by atoms with van der Waals surface area (Å²) in [4.78, 5) is 0. The molecule has 1 rings (SSSR count). The summed E-state index contributed by atoms with van der Waals surface area (Å²) < 4.78 is 0. The van der Waals surface area contributed by atoms with Crippen molar-refractivity contribution in [3.8, 4) is 0 Å². The van der Waals surface area contributed by atoms with E-state index in [9.17, 15) is 0 Å². The average Bonchev–Trinajstić information content (AvgIpc) is 1.84. The summed E-state index contributed by atoms with van der Waals surface area (Å²) in [5.74, 6) is 0. The van der Waals surface area contributed by atoms with E-state index in [1.807, 2.05) is 0 Å². The molecule has 0 aliphatic carbocycles. The maximum atomic E-state index is 5.63. The molecule has 0 aromatic rings. The van der Waals surface area contributed by atoms with E-state index in [2.05, 4.69) is 19.2 Å². The average molecular weight is 156 g/mol. The van der Waals surface area contributed by atoms with Crippen molar-refractivity contribution in [1.82, 2.24) is 5.32 Å². The molecular formula is C9H20N2. The van der Waals surface area contributed by atoms with E-state index in [0.29, 0.717) is 5.41 Å². The first-order valence-corrected chi connectivity index (χ1v) is 4.57. The first-order valence-electron chi connectivity index (χ1n) is 4.57. The van der Waals surface area contributed by atoms with Gasteiger partial charge in [0.25, 0.3) is 0 Å². The molecule has 1 aliphatic rings. The van der Waals surface area contributed by atoms with Gasteiger partial charge in [-0.15, -0.1) is 0 Å². The third-order valence-electron chi connectivity index (χ3n) is 2.65. The Balaban J connectivity index is 2.09. The van der Waals surface area contributed by atoms with Gasteiger partial charge in [0.05, 0.1) is 0 Å². The van der Waals surface area contributed by atoms with Crippen molar-refractivity contribution in [2.75, 3.05) is 13.1 Å². The Bertz CT molecular complexity index is 117. The van der Waals surface area contributed by atoms with E-state index in [4.69, 9.17) is 5.73 Å². The van der Waals surface area contributed by atoms with Gasteiger partial charge in [-0.25, -0.2) is 0 Å². The van der Waals surface area contributed by atoms with Crippen LogP contribution in [-0.2, 0) is 0 Å².